The third kappa shape index (κ3) is 8.87. The van der Waals surface area contributed by atoms with Crippen molar-refractivity contribution in [1.82, 2.24) is 4.98 Å². The lowest BCUT2D eigenvalue weighted by molar-refractivity contribution is -0.0878. The third-order valence-electron chi connectivity index (χ3n) is 6.32. The molecular weight excluding hydrogens is 512 g/mol. The van der Waals surface area contributed by atoms with E-state index in [4.69, 9.17) is 11.6 Å². The van der Waals surface area contributed by atoms with Crippen LogP contribution in [0.15, 0.2) is 65.8 Å². The van der Waals surface area contributed by atoms with Gasteiger partial charge in [-0.3, -0.25) is 4.99 Å². The lowest BCUT2D eigenvalue weighted by Gasteiger charge is -2.14. The molecule has 38 heavy (non-hydrogen) atoms. The van der Waals surface area contributed by atoms with E-state index in [0.717, 1.165) is 61.0 Å². The normalized spacial score (nSPS) is 13.1. The van der Waals surface area contributed by atoms with Gasteiger partial charge in [0.05, 0.1) is 5.02 Å². The average Bonchev–Trinajstić information content (AvgIpc) is 3.19. The van der Waals surface area contributed by atoms with Crippen LogP contribution in [0.5, 0.6) is 0 Å². The lowest BCUT2D eigenvalue weighted by Crippen LogP contribution is -2.08. The number of aromatic nitrogens is 1. The Balaban J connectivity index is 0.000000312. The van der Waals surface area contributed by atoms with E-state index in [1.165, 1.54) is 28.5 Å². The van der Waals surface area contributed by atoms with Crippen LogP contribution in [0.4, 0.5) is 17.6 Å². The van der Waals surface area contributed by atoms with Gasteiger partial charge in [-0.15, -0.1) is 0 Å². The number of benzene rings is 2. The van der Waals surface area contributed by atoms with Crippen molar-refractivity contribution < 1.29 is 17.6 Å². The molecule has 0 aliphatic rings. The monoisotopic (exact) mass is 548 g/mol. The average molecular weight is 549 g/mol. The molecule has 0 spiro atoms. The van der Waals surface area contributed by atoms with Crippen molar-refractivity contribution in [3.05, 3.63) is 94.1 Å². The highest BCUT2D eigenvalue weighted by atomic mass is 35.5. The molecule has 1 unspecified atom stereocenters. The zero-order valence-electron chi connectivity index (χ0n) is 22.8. The summed E-state index contributed by atoms with van der Waals surface area (Å²) in [7, 11) is 0. The number of nitrogens with one attached hydrogen (secondary N) is 1. The second-order valence-electron chi connectivity index (χ2n) is 9.52. The molecule has 0 bridgehead atoms. The van der Waals surface area contributed by atoms with Crippen molar-refractivity contribution >= 4 is 28.2 Å². The van der Waals surface area contributed by atoms with Crippen LogP contribution in [0.2, 0.25) is 5.02 Å². The van der Waals surface area contributed by atoms with Crippen molar-refractivity contribution in [2.45, 2.75) is 78.8 Å². The van der Waals surface area contributed by atoms with Crippen LogP contribution < -0.4 is 0 Å². The van der Waals surface area contributed by atoms with E-state index in [-0.39, 0.29) is 16.8 Å². The quantitative estimate of drug-likeness (QED) is 0.156. The summed E-state index contributed by atoms with van der Waals surface area (Å²) in [6.07, 6.45) is 2.59. The predicted octanol–water partition coefficient (Wildman–Crippen LogP) is 10.6. The Morgan fingerprint density at radius 2 is 1.79 bits per heavy atom. The lowest BCUT2D eigenvalue weighted by atomic mass is 9.92. The van der Waals surface area contributed by atoms with Crippen LogP contribution in [0.25, 0.3) is 10.9 Å². The molecule has 2 aromatic carbocycles. The number of aliphatic imine (C=N–C) groups is 1. The molecule has 0 aliphatic carbocycles. The summed E-state index contributed by atoms with van der Waals surface area (Å²) in [6, 6.07) is 11.9. The molecule has 0 amide bonds. The maximum Gasteiger partial charge on any atom is 0.415 e. The molecule has 1 N–H and O–H groups in total. The van der Waals surface area contributed by atoms with Crippen molar-refractivity contribution in [1.29, 1.82) is 0 Å². The summed E-state index contributed by atoms with van der Waals surface area (Å²) in [5.74, 6) is -0.145. The minimum absolute atomic E-state index is 0.189. The van der Waals surface area contributed by atoms with Gasteiger partial charge < -0.3 is 4.98 Å². The summed E-state index contributed by atoms with van der Waals surface area (Å²) in [5.41, 5.74) is 5.71. The van der Waals surface area contributed by atoms with E-state index >= 15 is 0 Å². The molecule has 0 fully saturated rings. The number of aromatic amines is 1. The van der Waals surface area contributed by atoms with Gasteiger partial charge in [0, 0.05) is 40.0 Å². The summed E-state index contributed by atoms with van der Waals surface area (Å²) >= 11 is 6.03. The molecule has 7 heteroatoms. The first-order chi connectivity index (χ1) is 17.9. The van der Waals surface area contributed by atoms with Crippen LogP contribution in [0.1, 0.15) is 81.7 Å². The standard InChI is InChI=1S/C21H23ClFN.C10H14F3N/c1-4-5-6-16-17-11-18(22)19(23)12-20(17)24-21(16)14(3)15-9-7-13(2)8-10-15;1-4-5-9(3)14-7-6-8(2)10(11,12)13/h7-12,14,24H,4-6H2,1-3H3;6-7H,2,4-5H2,1,3H3/b;7-6-,14-9?. The maximum absolute atomic E-state index is 13.9. The second-order valence-corrected chi connectivity index (χ2v) is 9.93. The van der Waals surface area contributed by atoms with Gasteiger partial charge in [0.15, 0.2) is 0 Å². The van der Waals surface area contributed by atoms with E-state index in [1.54, 1.807) is 13.0 Å². The maximum atomic E-state index is 13.9. The Hall–Kier alpha value is -2.86. The highest BCUT2D eigenvalue weighted by Gasteiger charge is 2.29. The Kier molecular flexibility index (Phi) is 11.8. The molecule has 0 saturated heterocycles. The Labute approximate surface area is 228 Å². The summed E-state index contributed by atoms with van der Waals surface area (Å²) in [5, 5.41) is 1.23. The zero-order valence-corrected chi connectivity index (χ0v) is 23.5. The molecule has 1 aromatic heterocycles. The van der Waals surface area contributed by atoms with Gasteiger partial charge >= 0.3 is 6.18 Å². The number of fused-ring (bicyclic) bond motifs is 1. The van der Waals surface area contributed by atoms with Gasteiger partial charge in [0.1, 0.15) is 5.82 Å². The number of halogens is 5. The van der Waals surface area contributed by atoms with Gasteiger partial charge in [-0.25, -0.2) is 4.39 Å². The van der Waals surface area contributed by atoms with E-state index < -0.39 is 11.7 Å². The highest BCUT2D eigenvalue weighted by molar-refractivity contribution is 6.31. The molecule has 1 atom stereocenters. The number of nitrogens with zero attached hydrogens (tertiary/aromatic N) is 1. The summed E-state index contributed by atoms with van der Waals surface area (Å²) in [4.78, 5) is 7.30. The van der Waals surface area contributed by atoms with Crippen molar-refractivity contribution in [3.8, 4) is 0 Å². The first-order valence-electron chi connectivity index (χ1n) is 12.9. The number of H-pyrrole nitrogens is 1. The second kappa shape index (κ2) is 14.3. The fourth-order valence-corrected chi connectivity index (χ4v) is 4.22. The minimum atomic E-state index is -4.36. The number of hydrogen-bond donors (Lipinski definition) is 1. The zero-order chi connectivity index (χ0) is 28.5. The molecule has 0 aliphatic heterocycles. The number of alkyl halides is 3. The molecule has 3 aromatic rings. The van der Waals surface area contributed by atoms with Crippen molar-refractivity contribution in [2.75, 3.05) is 0 Å². The van der Waals surface area contributed by atoms with Crippen LogP contribution in [0.3, 0.4) is 0 Å². The first kappa shape index (κ1) is 31.4. The number of hydrogen-bond acceptors (Lipinski definition) is 1. The van der Waals surface area contributed by atoms with Gasteiger partial charge in [-0.2, -0.15) is 13.2 Å². The fourth-order valence-electron chi connectivity index (χ4n) is 4.06. The van der Waals surface area contributed by atoms with Gasteiger partial charge in [-0.1, -0.05) is 81.6 Å². The minimum Gasteiger partial charge on any atom is -0.358 e. The van der Waals surface area contributed by atoms with Gasteiger partial charge in [0.25, 0.3) is 0 Å². The van der Waals surface area contributed by atoms with E-state index in [9.17, 15) is 17.6 Å². The molecule has 3 rings (SSSR count). The molecule has 2 nitrogen and oxygen atoms in total. The van der Waals surface area contributed by atoms with Crippen LogP contribution in [-0.2, 0) is 6.42 Å². The Morgan fingerprint density at radius 1 is 1.13 bits per heavy atom. The summed E-state index contributed by atoms with van der Waals surface area (Å²) in [6.45, 7) is 13.1. The van der Waals surface area contributed by atoms with E-state index in [0.29, 0.717) is 0 Å². The third-order valence-corrected chi connectivity index (χ3v) is 6.61. The molecular formula is C31H37ClF4N2. The summed E-state index contributed by atoms with van der Waals surface area (Å²) < 4.78 is 49.6. The Morgan fingerprint density at radius 3 is 2.37 bits per heavy atom. The number of rotatable bonds is 9. The number of allylic oxidation sites excluding steroid dienone is 2. The van der Waals surface area contributed by atoms with Crippen LogP contribution in [-0.4, -0.2) is 16.9 Å². The smallest absolute Gasteiger partial charge is 0.358 e. The van der Waals surface area contributed by atoms with E-state index in [1.807, 2.05) is 6.92 Å². The van der Waals surface area contributed by atoms with Crippen molar-refractivity contribution in [3.63, 3.8) is 0 Å². The predicted molar refractivity (Wildman–Crippen MR) is 153 cm³/mol. The topological polar surface area (TPSA) is 28.1 Å². The van der Waals surface area contributed by atoms with Gasteiger partial charge in [0.2, 0.25) is 0 Å². The largest absolute Gasteiger partial charge is 0.415 e. The molecule has 0 saturated carbocycles. The molecule has 1 heterocycles. The van der Waals surface area contributed by atoms with Crippen molar-refractivity contribution in [2.24, 2.45) is 4.99 Å². The first-order valence-corrected chi connectivity index (χ1v) is 13.3. The fraction of sp³-hybridized carbons (Fsp3) is 0.387. The molecule has 0 radical (unpaired) electrons. The number of aryl methyl sites for hydroxylation is 2. The van der Waals surface area contributed by atoms with Crippen LogP contribution in [0, 0.1) is 12.7 Å². The van der Waals surface area contributed by atoms with Gasteiger partial charge in [-0.05, 0) is 62.4 Å². The Bertz CT molecular complexity index is 1270. The SMILES string of the molecule is C=C(/C=C\N=C(C)CCC)C(F)(F)F.CCCCc1c(C(C)c2ccc(C)cc2)[nH]c2cc(F)c(Cl)cc12. The highest BCUT2D eigenvalue weighted by Crippen LogP contribution is 2.35. The molecule has 206 valence electrons. The van der Waals surface area contributed by atoms with E-state index in [2.05, 4.69) is 61.6 Å². The van der Waals surface area contributed by atoms with Crippen LogP contribution >= 0.6 is 11.6 Å². The number of unbranched alkanes of at least 4 members (excludes halogenated alkanes) is 1.